The Morgan fingerprint density at radius 2 is 1.76 bits per heavy atom. The van der Waals surface area contributed by atoms with Gasteiger partial charge in [-0.25, -0.2) is 8.78 Å². The van der Waals surface area contributed by atoms with Gasteiger partial charge in [-0.2, -0.15) is 0 Å². The summed E-state index contributed by atoms with van der Waals surface area (Å²) in [6, 6.07) is 10.1. The van der Waals surface area contributed by atoms with Crippen LogP contribution in [0.2, 0.25) is 0 Å². The third kappa shape index (κ3) is 2.53. The van der Waals surface area contributed by atoms with Crippen molar-refractivity contribution in [1.82, 2.24) is 0 Å². The molecule has 0 aliphatic carbocycles. The number of rotatable bonds is 2. The van der Waals surface area contributed by atoms with E-state index >= 15 is 0 Å². The lowest BCUT2D eigenvalue weighted by atomic mass is 9.99. The van der Waals surface area contributed by atoms with E-state index in [9.17, 15) is 8.78 Å². The fourth-order valence-corrected chi connectivity index (χ4v) is 2.02. The van der Waals surface area contributed by atoms with Gasteiger partial charge in [-0.3, -0.25) is 0 Å². The summed E-state index contributed by atoms with van der Waals surface area (Å²) in [6.07, 6.45) is 0. The van der Waals surface area contributed by atoms with E-state index < -0.39 is 11.9 Å². The van der Waals surface area contributed by atoms with Crippen molar-refractivity contribution < 1.29 is 8.78 Å². The molecule has 1 unspecified atom stereocenters. The summed E-state index contributed by atoms with van der Waals surface area (Å²) >= 11 is 3.10. The summed E-state index contributed by atoms with van der Waals surface area (Å²) in [6.45, 7) is 0. The third-order valence-corrected chi connectivity index (χ3v) is 3.14. The summed E-state index contributed by atoms with van der Waals surface area (Å²) in [7, 11) is 0. The molecule has 2 N–H and O–H groups in total. The van der Waals surface area contributed by atoms with Crippen molar-refractivity contribution in [3.05, 3.63) is 69.7 Å². The van der Waals surface area contributed by atoms with E-state index in [1.54, 1.807) is 30.3 Å². The molecular weight excluding hydrogens is 288 g/mol. The van der Waals surface area contributed by atoms with Crippen LogP contribution in [0.3, 0.4) is 0 Å². The van der Waals surface area contributed by atoms with E-state index in [0.29, 0.717) is 15.6 Å². The van der Waals surface area contributed by atoms with Gasteiger partial charge in [-0.1, -0.05) is 24.3 Å². The minimum Gasteiger partial charge on any atom is -0.320 e. The SMILES string of the molecule is NC(c1cccc(F)c1)c1cccc(Br)c1F. The molecule has 1 nitrogen and oxygen atoms in total. The fraction of sp³-hybridized carbons (Fsp3) is 0.0769. The second-order valence-corrected chi connectivity index (χ2v) is 4.53. The zero-order valence-electron chi connectivity index (χ0n) is 8.83. The Hall–Kier alpha value is -1.26. The van der Waals surface area contributed by atoms with Gasteiger partial charge in [-0.15, -0.1) is 0 Å². The van der Waals surface area contributed by atoms with Crippen molar-refractivity contribution in [2.75, 3.05) is 0 Å². The molecule has 0 heterocycles. The molecule has 0 saturated carbocycles. The first-order chi connectivity index (χ1) is 8.09. The molecule has 0 bridgehead atoms. The van der Waals surface area contributed by atoms with E-state index in [0.717, 1.165) is 0 Å². The van der Waals surface area contributed by atoms with Gasteiger partial charge in [0.05, 0.1) is 10.5 Å². The lowest BCUT2D eigenvalue weighted by Crippen LogP contribution is -2.14. The first-order valence-corrected chi connectivity index (χ1v) is 5.84. The molecule has 0 fully saturated rings. The van der Waals surface area contributed by atoms with Gasteiger partial charge in [0.1, 0.15) is 11.6 Å². The van der Waals surface area contributed by atoms with Crippen LogP contribution in [0.25, 0.3) is 0 Å². The first kappa shape index (κ1) is 12.2. The quantitative estimate of drug-likeness (QED) is 0.897. The van der Waals surface area contributed by atoms with Crippen LogP contribution in [0, 0.1) is 11.6 Å². The van der Waals surface area contributed by atoms with Crippen LogP contribution in [0.15, 0.2) is 46.9 Å². The van der Waals surface area contributed by atoms with E-state index in [-0.39, 0.29) is 5.82 Å². The minimum atomic E-state index is -0.678. The normalized spacial score (nSPS) is 12.5. The Morgan fingerprint density at radius 1 is 1.06 bits per heavy atom. The smallest absolute Gasteiger partial charge is 0.142 e. The van der Waals surface area contributed by atoms with Crippen molar-refractivity contribution in [1.29, 1.82) is 0 Å². The third-order valence-electron chi connectivity index (χ3n) is 2.52. The van der Waals surface area contributed by atoms with Crippen LogP contribution in [0.5, 0.6) is 0 Å². The van der Waals surface area contributed by atoms with Crippen molar-refractivity contribution in [2.24, 2.45) is 5.73 Å². The van der Waals surface area contributed by atoms with Gasteiger partial charge in [0.25, 0.3) is 0 Å². The molecule has 1 atom stereocenters. The standard InChI is InChI=1S/C13H10BrF2N/c14-11-6-2-5-10(12(11)16)13(17)8-3-1-4-9(15)7-8/h1-7,13H,17H2. The van der Waals surface area contributed by atoms with Crippen LogP contribution < -0.4 is 5.73 Å². The van der Waals surface area contributed by atoms with Crippen molar-refractivity contribution in [3.8, 4) is 0 Å². The maximum absolute atomic E-state index is 13.8. The minimum absolute atomic E-state index is 0.338. The van der Waals surface area contributed by atoms with Gasteiger partial charge in [0.2, 0.25) is 0 Å². The average molecular weight is 298 g/mol. The Kier molecular flexibility index (Phi) is 3.54. The van der Waals surface area contributed by atoms with Gasteiger partial charge >= 0.3 is 0 Å². The predicted octanol–water partition coefficient (Wildman–Crippen LogP) is 3.78. The zero-order chi connectivity index (χ0) is 12.4. The highest BCUT2D eigenvalue weighted by Crippen LogP contribution is 2.26. The summed E-state index contributed by atoms with van der Waals surface area (Å²) in [5, 5.41) is 0. The molecule has 2 aromatic rings. The largest absolute Gasteiger partial charge is 0.320 e. The Bertz CT molecular complexity index is 543. The van der Waals surface area contributed by atoms with E-state index in [4.69, 9.17) is 5.73 Å². The van der Waals surface area contributed by atoms with E-state index in [2.05, 4.69) is 15.9 Å². The summed E-state index contributed by atoms with van der Waals surface area (Å²) in [5.74, 6) is -0.794. The maximum Gasteiger partial charge on any atom is 0.142 e. The Balaban J connectivity index is 2.44. The highest BCUT2D eigenvalue weighted by atomic mass is 79.9. The summed E-state index contributed by atoms with van der Waals surface area (Å²) in [4.78, 5) is 0. The van der Waals surface area contributed by atoms with Crippen molar-refractivity contribution in [2.45, 2.75) is 6.04 Å². The van der Waals surface area contributed by atoms with E-state index in [1.165, 1.54) is 12.1 Å². The molecule has 0 amide bonds. The second kappa shape index (κ2) is 4.94. The number of nitrogens with two attached hydrogens (primary N) is 1. The van der Waals surface area contributed by atoms with Crippen LogP contribution in [0.1, 0.15) is 17.2 Å². The molecule has 17 heavy (non-hydrogen) atoms. The van der Waals surface area contributed by atoms with Gasteiger partial charge in [0.15, 0.2) is 0 Å². The molecule has 0 radical (unpaired) electrons. The topological polar surface area (TPSA) is 26.0 Å². The molecule has 0 aliphatic rings. The first-order valence-electron chi connectivity index (χ1n) is 5.04. The van der Waals surface area contributed by atoms with Crippen molar-refractivity contribution >= 4 is 15.9 Å². The highest BCUT2D eigenvalue weighted by molar-refractivity contribution is 9.10. The van der Waals surface area contributed by atoms with Gasteiger partial charge in [-0.05, 0) is 39.7 Å². The maximum atomic E-state index is 13.8. The number of benzene rings is 2. The molecule has 0 aromatic heterocycles. The summed E-state index contributed by atoms with van der Waals surface area (Å²) in [5.41, 5.74) is 6.81. The van der Waals surface area contributed by atoms with E-state index in [1.807, 2.05) is 0 Å². The summed E-state index contributed by atoms with van der Waals surface area (Å²) < 4.78 is 27.2. The molecule has 0 saturated heterocycles. The molecule has 0 aliphatic heterocycles. The molecule has 4 heteroatoms. The van der Waals surface area contributed by atoms with Crippen LogP contribution in [0.4, 0.5) is 8.78 Å². The van der Waals surface area contributed by atoms with Gasteiger partial charge < -0.3 is 5.73 Å². The molecule has 2 rings (SSSR count). The zero-order valence-corrected chi connectivity index (χ0v) is 10.4. The second-order valence-electron chi connectivity index (χ2n) is 3.68. The van der Waals surface area contributed by atoms with Crippen molar-refractivity contribution in [3.63, 3.8) is 0 Å². The molecule has 0 spiro atoms. The fourth-order valence-electron chi connectivity index (χ4n) is 1.64. The molecular formula is C13H10BrF2N. The highest BCUT2D eigenvalue weighted by Gasteiger charge is 2.15. The molecule has 88 valence electrons. The Labute approximate surface area is 106 Å². The number of hydrogen-bond donors (Lipinski definition) is 1. The van der Waals surface area contributed by atoms with Crippen LogP contribution >= 0.6 is 15.9 Å². The van der Waals surface area contributed by atoms with Crippen LogP contribution in [-0.4, -0.2) is 0 Å². The predicted molar refractivity (Wildman–Crippen MR) is 66.5 cm³/mol. The number of hydrogen-bond acceptors (Lipinski definition) is 1. The molecule has 2 aromatic carbocycles. The monoisotopic (exact) mass is 297 g/mol. The average Bonchev–Trinajstić information content (AvgIpc) is 2.32. The lowest BCUT2D eigenvalue weighted by molar-refractivity contribution is 0.590. The Morgan fingerprint density at radius 3 is 2.47 bits per heavy atom. The van der Waals surface area contributed by atoms with Crippen LogP contribution in [-0.2, 0) is 0 Å². The van der Waals surface area contributed by atoms with Gasteiger partial charge in [0, 0.05) is 5.56 Å². The number of halogens is 3. The lowest BCUT2D eigenvalue weighted by Gasteiger charge is -2.14.